The topological polar surface area (TPSA) is 23.5 Å². The smallest absolute Gasteiger partial charge is 0.0689 e. The Bertz CT molecular complexity index is 332. The van der Waals surface area contributed by atoms with Crippen molar-refractivity contribution in [1.82, 2.24) is 4.90 Å². The minimum Gasteiger partial charge on any atom is -0.390 e. The Morgan fingerprint density at radius 2 is 1.83 bits per heavy atom. The molecule has 1 aliphatic heterocycles. The summed E-state index contributed by atoms with van der Waals surface area (Å²) in [5, 5.41) is 14.8. The van der Waals surface area contributed by atoms with E-state index in [1.165, 1.54) is 5.56 Å². The molecular weight excluding hydrogens is 242 g/mol. The standard InChI is InChI=1S/C13H21NOS.C2H6/c1-12(2,15)13(11-4-9-16-10-11)5-7-14(3)8-6-13;1-2/h4,9-10,15H,5-8H2,1-3H3;1-2H3. The third-order valence-electron chi connectivity index (χ3n) is 4.09. The molecule has 18 heavy (non-hydrogen) atoms. The molecule has 0 spiro atoms. The molecular formula is C15H27NOS. The van der Waals surface area contributed by atoms with E-state index >= 15 is 0 Å². The Morgan fingerprint density at radius 3 is 2.22 bits per heavy atom. The van der Waals surface area contributed by atoms with Crippen LogP contribution < -0.4 is 0 Å². The fourth-order valence-corrected chi connectivity index (χ4v) is 3.55. The van der Waals surface area contributed by atoms with Gasteiger partial charge in [0.15, 0.2) is 0 Å². The molecule has 0 atom stereocenters. The molecule has 0 bridgehead atoms. The van der Waals surface area contributed by atoms with E-state index in [4.69, 9.17) is 0 Å². The largest absolute Gasteiger partial charge is 0.390 e. The lowest BCUT2D eigenvalue weighted by molar-refractivity contribution is -0.0359. The van der Waals surface area contributed by atoms with Crippen molar-refractivity contribution in [1.29, 1.82) is 0 Å². The van der Waals surface area contributed by atoms with Crippen molar-refractivity contribution in [3.63, 3.8) is 0 Å². The zero-order chi connectivity index (χ0) is 13.8. The summed E-state index contributed by atoms with van der Waals surface area (Å²) in [5.41, 5.74) is 0.618. The van der Waals surface area contributed by atoms with E-state index in [2.05, 4.69) is 28.8 Å². The number of likely N-dealkylation sites (tertiary alicyclic amines) is 1. The molecule has 1 N–H and O–H groups in total. The van der Waals surface area contributed by atoms with Crippen LogP contribution in [0.4, 0.5) is 0 Å². The molecule has 2 nitrogen and oxygen atoms in total. The predicted molar refractivity (Wildman–Crippen MR) is 80.4 cm³/mol. The number of hydrogen-bond acceptors (Lipinski definition) is 3. The Morgan fingerprint density at radius 1 is 1.28 bits per heavy atom. The van der Waals surface area contributed by atoms with Crippen LogP contribution in [-0.4, -0.2) is 35.7 Å². The van der Waals surface area contributed by atoms with Crippen molar-refractivity contribution in [3.8, 4) is 0 Å². The Labute approximate surface area is 116 Å². The van der Waals surface area contributed by atoms with E-state index in [9.17, 15) is 5.11 Å². The summed E-state index contributed by atoms with van der Waals surface area (Å²) in [4.78, 5) is 2.34. The monoisotopic (exact) mass is 269 g/mol. The predicted octanol–water partition coefficient (Wildman–Crippen LogP) is 3.51. The van der Waals surface area contributed by atoms with Crippen molar-refractivity contribution in [2.75, 3.05) is 20.1 Å². The molecule has 0 aromatic carbocycles. The van der Waals surface area contributed by atoms with Crippen molar-refractivity contribution < 1.29 is 5.11 Å². The van der Waals surface area contributed by atoms with Crippen LogP contribution in [0.1, 0.15) is 46.1 Å². The lowest BCUT2D eigenvalue weighted by Gasteiger charge is -2.48. The van der Waals surface area contributed by atoms with E-state index in [1.54, 1.807) is 11.3 Å². The lowest BCUT2D eigenvalue weighted by Crippen LogP contribution is -2.53. The normalized spacial score (nSPS) is 20.1. The van der Waals surface area contributed by atoms with E-state index in [1.807, 2.05) is 27.7 Å². The second-order valence-corrected chi connectivity index (χ2v) is 6.24. The number of nitrogens with zero attached hydrogens (tertiary/aromatic N) is 1. The highest BCUT2D eigenvalue weighted by atomic mass is 32.1. The molecule has 1 saturated heterocycles. The van der Waals surface area contributed by atoms with Crippen LogP contribution in [0.2, 0.25) is 0 Å². The van der Waals surface area contributed by atoms with Crippen molar-refractivity contribution in [3.05, 3.63) is 22.4 Å². The molecule has 1 fully saturated rings. The first-order chi connectivity index (χ1) is 8.46. The maximum atomic E-state index is 10.5. The number of rotatable bonds is 2. The molecule has 0 saturated carbocycles. The van der Waals surface area contributed by atoms with Gasteiger partial charge in [-0.15, -0.1) is 0 Å². The molecule has 1 aromatic heterocycles. The third kappa shape index (κ3) is 2.95. The van der Waals surface area contributed by atoms with Crippen LogP contribution >= 0.6 is 11.3 Å². The summed E-state index contributed by atoms with van der Waals surface area (Å²) < 4.78 is 0. The van der Waals surface area contributed by atoms with E-state index in [-0.39, 0.29) is 5.41 Å². The van der Waals surface area contributed by atoms with Crippen LogP contribution in [0.25, 0.3) is 0 Å². The summed E-state index contributed by atoms with van der Waals surface area (Å²) in [5.74, 6) is 0. The van der Waals surface area contributed by atoms with Gasteiger partial charge in [-0.1, -0.05) is 13.8 Å². The van der Waals surface area contributed by atoms with Crippen molar-refractivity contribution in [2.45, 2.75) is 51.6 Å². The minimum absolute atomic E-state index is 0.0560. The second-order valence-electron chi connectivity index (χ2n) is 5.46. The molecule has 0 radical (unpaired) electrons. The maximum Gasteiger partial charge on any atom is 0.0689 e. The average molecular weight is 269 g/mol. The first-order valence-corrected chi connectivity index (χ1v) is 7.84. The first kappa shape index (κ1) is 15.7. The second kappa shape index (κ2) is 6.18. The van der Waals surface area contributed by atoms with Gasteiger partial charge in [-0.05, 0) is 69.2 Å². The quantitative estimate of drug-likeness (QED) is 0.888. The van der Waals surface area contributed by atoms with Gasteiger partial charge in [0.1, 0.15) is 0 Å². The summed E-state index contributed by atoms with van der Waals surface area (Å²) >= 11 is 1.72. The van der Waals surface area contributed by atoms with E-state index in [0.717, 1.165) is 25.9 Å². The average Bonchev–Trinajstić information content (AvgIpc) is 2.85. The van der Waals surface area contributed by atoms with Gasteiger partial charge in [0.2, 0.25) is 0 Å². The minimum atomic E-state index is -0.644. The molecule has 0 amide bonds. The van der Waals surface area contributed by atoms with E-state index < -0.39 is 5.60 Å². The van der Waals surface area contributed by atoms with Gasteiger partial charge in [0, 0.05) is 5.41 Å². The fourth-order valence-electron chi connectivity index (χ4n) is 2.79. The lowest BCUT2D eigenvalue weighted by atomic mass is 9.64. The van der Waals surface area contributed by atoms with Gasteiger partial charge in [0.05, 0.1) is 5.60 Å². The number of aliphatic hydroxyl groups is 1. The molecule has 1 aromatic rings. The molecule has 0 aliphatic carbocycles. The van der Waals surface area contributed by atoms with Gasteiger partial charge in [-0.25, -0.2) is 0 Å². The van der Waals surface area contributed by atoms with Gasteiger partial charge in [-0.3, -0.25) is 0 Å². The van der Waals surface area contributed by atoms with Crippen LogP contribution in [0.5, 0.6) is 0 Å². The van der Waals surface area contributed by atoms with Gasteiger partial charge < -0.3 is 10.0 Å². The molecule has 2 heterocycles. The number of thiophene rings is 1. The number of piperidine rings is 1. The summed E-state index contributed by atoms with van der Waals surface area (Å²) in [6.07, 6.45) is 2.09. The third-order valence-corrected chi connectivity index (χ3v) is 4.77. The van der Waals surface area contributed by atoms with Crippen molar-refractivity contribution in [2.24, 2.45) is 0 Å². The summed E-state index contributed by atoms with van der Waals surface area (Å²) in [6, 6.07) is 2.17. The van der Waals surface area contributed by atoms with Gasteiger partial charge in [0.25, 0.3) is 0 Å². The zero-order valence-electron chi connectivity index (χ0n) is 12.4. The van der Waals surface area contributed by atoms with Crippen LogP contribution in [0, 0.1) is 0 Å². The summed E-state index contributed by atoms with van der Waals surface area (Å²) in [6.45, 7) is 10.0. The highest BCUT2D eigenvalue weighted by molar-refractivity contribution is 7.08. The van der Waals surface area contributed by atoms with Crippen LogP contribution in [0.3, 0.4) is 0 Å². The highest BCUT2D eigenvalue weighted by Gasteiger charge is 2.46. The number of hydrogen-bond donors (Lipinski definition) is 1. The Hall–Kier alpha value is -0.380. The maximum absolute atomic E-state index is 10.5. The molecule has 104 valence electrons. The molecule has 1 aliphatic rings. The Balaban J connectivity index is 0.000000771. The fraction of sp³-hybridized carbons (Fsp3) is 0.733. The summed E-state index contributed by atoms with van der Waals surface area (Å²) in [7, 11) is 2.15. The molecule has 3 heteroatoms. The highest BCUT2D eigenvalue weighted by Crippen LogP contribution is 2.44. The zero-order valence-corrected chi connectivity index (χ0v) is 13.2. The van der Waals surface area contributed by atoms with Crippen LogP contribution in [-0.2, 0) is 5.41 Å². The SMILES string of the molecule is CC.CN1CCC(c2ccsc2)(C(C)(C)O)CC1. The molecule has 0 unspecified atom stereocenters. The van der Waals surface area contributed by atoms with E-state index in [0.29, 0.717) is 0 Å². The first-order valence-electron chi connectivity index (χ1n) is 6.89. The molecule has 2 rings (SSSR count). The van der Waals surface area contributed by atoms with Gasteiger partial charge >= 0.3 is 0 Å². The van der Waals surface area contributed by atoms with Crippen LogP contribution in [0.15, 0.2) is 16.8 Å². The van der Waals surface area contributed by atoms with Gasteiger partial charge in [-0.2, -0.15) is 11.3 Å². The Kier molecular flexibility index (Phi) is 5.38. The van der Waals surface area contributed by atoms with Crippen molar-refractivity contribution >= 4 is 11.3 Å².